The van der Waals surface area contributed by atoms with Crippen molar-refractivity contribution in [3.05, 3.63) is 29.8 Å². The van der Waals surface area contributed by atoms with Crippen molar-refractivity contribution in [3.63, 3.8) is 0 Å². The largest absolute Gasteiger partial charge is 0.493 e. The molecule has 0 aliphatic heterocycles. The van der Waals surface area contributed by atoms with Crippen LogP contribution < -0.4 is 10.5 Å². The molecular formula is C15H22N2O. The summed E-state index contributed by atoms with van der Waals surface area (Å²) in [5, 5.41) is 8.79. The zero-order valence-electron chi connectivity index (χ0n) is 11.7. The van der Waals surface area contributed by atoms with Crippen LogP contribution in [0.25, 0.3) is 0 Å². The molecule has 3 nitrogen and oxygen atoms in total. The molecule has 1 aromatic rings. The summed E-state index contributed by atoms with van der Waals surface area (Å²) in [5.41, 5.74) is 6.33. The maximum absolute atomic E-state index is 8.79. The number of nitriles is 1. The zero-order chi connectivity index (χ0) is 13.8. The predicted molar refractivity (Wildman–Crippen MR) is 73.5 cm³/mol. The third-order valence-electron chi connectivity index (χ3n) is 2.87. The highest BCUT2D eigenvalue weighted by Gasteiger charge is 2.17. The van der Waals surface area contributed by atoms with E-state index >= 15 is 0 Å². The smallest absolute Gasteiger partial charge is 0.119 e. The third-order valence-corrected chi connectivity index (χ3v) is 2.87. The molecule has 18 heavy (non-hydrogen) atoms. The monoisotopic (exact) mass is 246 g/mol. The van der Waals surface area contributed by atoms with E-state index in [9.17, 15) is 0 Å². The summed E-state index contributed by atoms with van der Waals surface area (Å²) < 4.78 is 5.58. The molecule has 0 amide bonds. The molecule has 1 aromatic carbocycles. The lowest BCUT2D eigenvalue weighted by Crippen LogP contribution is -2.35. The summed E-state index contributed by atoms with van der Waals surface area (Å²) >= 11 is 0. The van der Waals surface area contributed by atoms with Gasteiger partial charge in [0.05, 0.1) is 12.7 Å². The topological polar surface area (TPSA) is 59.0 Å². The summed E-state index contributed by atoms with van der Waals surface area (Å²) in [7, 11) is 0. The van der Waals surface area contributed by atoms with Crippen LogP contribution in [0.4, 0.5) is 0 Å². The second-order valence-corrected chi connectivity index (χ2v) is 5.90. The van der Waals surface area contributed by atoms with Crippen molar-refractivity contribution in [2.24, 2.45) is 5.73 Å². The fourth-order valence-electron chi connectivity index (χ4n) is 1.49. The van der Waals surface area contributed by atoms with Crippen molar-refractivity contribution >= 4 is 0 Å². The van der Waals surface area contributed by atoms with Crippen molar-refractivity contribution in [3.8, 4) is 11.8 Å². The molecule has 0 aliphatic rings. The number of hydrogen-bond donors (Lipinski definition) is 1. The van der Waals surface area contributed by atoms with Crippen LogP contribution in [-0.2, 0) is 5.41 Å². The van der Waals surface area contributed by atoms with Crippen molar-refractivity contribution in [1.29, 1.82) is 5.26 Å². The Balaban J connectivity index is 2.53. The van der Waals surface area contributed by atoms with Crippen molar-refractivity contribution in [1.82, 2.24) is 0 Å². The maximum atomic E-state index is 8.79. The van der Waals surface area contributed by atoms with Crippen LogP contribution in [0.5, 0.6) is 5.75 Å². The number of ether oxygens (including phenoxy) is 1. The van der Waals surface area contributed by atoms with E-state index in [1.807, 2.05) is 12.1 Å². The van der Waals surface area contributed by atoms with Gasteiger partial charge in [-0.25, -0.2) is 0 Å². The van der Waals surface area contributed by atoms with Gasteiger partial charge in [-0.1, -0.05) is 32.9 Å². The van der Waals surface area contributed by atoms with E-state index in [0.717, 1.165) is 5.75 Å². The highest BCUT2D eigenvalue weighted by molar-refractivity contribution is 5.31. The van der Waals surface area contributed by atoms with Crippen molar-refractivity contribution < 1.29 is 4.74 Å². The number of nitrogens with two attached hydrogens (primary N) is 1. The Hall–Kier alpha value is -1.53. The zero-order valence-corrected chi connectivity index (χ0v) is 11.7. The van der Waals surface area contributed by atoms with Gasteiger partial charge >= 0.3 is 0 Å². The molecule has 0 bridgehead atoms. The molecule has 0 saturated carbocycles. The Morgan fingerprint density at radius 1 is 1.17 bits per heavy atom. The Labute approximate surface area is 110 Å². The first-order chi connectivity index (χ1) is 8.24. The number of benzene rings is 1. The minimum atomic E-state index is -0.814. The summed E-state index contributed by atoms with van der Waals surface area (Å²) in [6.07, 6.45) is 0.518. The van der Waals surface area contributed by atoms with E-state index in [2.05, 4.69) is 39.0 Å². The molecule has 1 rings (SSSR count). The Morgan fingerprint density at radius 3 is 2.17 bits per heavy atom. The van der Waals surface area contributed by atoms with E-state index in [1.165, 1.54) is 5.56 Å². The van der Waals surface area contributed by atoms with Crippen molar-refractivity contribution in [2.45, 2.75) is 45.1 Å². The first-order valence-electron chi connectivity index (χ1n) is 6.18. The van der Waals surface area contributed by atoms with Gasteiger partial charge in [-0.3, -0.25) is 0 Å². The molecule has 98 valence electrons. The lowest BCUT2D eigenvalue weighted by molar-refractivity contribution is 0.286. The van der Waals surface area contributed by atoms with Gasteiger partial charge in [0, 0.05) is 6.42 Å². The summed E-state index contributed by atoms with van der Waals surface area (Å²) in [4.78, 5) is 0. The lowest BCUT2D eigenvalue weighted by atomic mass is 9.87. The van der Waals surface area contributed by atoms with Gasteiger partial charge in [-0.15, -0.1) is 0 Å². The van der Waals surface area contributed by atoms with E-state index in [4.69, 9.17) is 15.7 Å². The lowest BCUT2D eigenvalue weighted by Gasteiger charge is -2.19. The Bertz CT molecular complexity index is 421. The van der Waals surface area contributed by atoms with E-state index in [0.29, 0.717) is 13.0 Å². The molecule has 0 saturated heterocycles. The molecule has 0 aliphatic carbocycles. The standard InChI is InChI=1S/C15H22N2O/c1-14(2,3)12-5-7-13(8-6-12)18-10-9-15(4,17)11-16/h5-8H,9-10,17H2,1-4H3. The molecule has 0 radical (unpaired) electrons. The molecule has 0 fully saturated rings. The molecule has 1 atom stereocenters. The summed E-state index contributed by atoms with van der Waals surface area (Å²) in [5.74, 6) is 0.816. The van der Waals surface area contributed by atoms with Crippen LogP contribution in [0.15, 0.2) is 24.3 Å². The van der Waals surface area contributed by atoms with Gasteiger partial charge in [0.25, 0.3) is 0 Å². The van der Waals surface area contributed by atoms with E-state index in [1.54, 1.807) is 6.92 Å². The van der Waals surface area contributed by atoms with Crippen LogP contribution in [0.3, 0.4) is 0 Å². The quantitative estimate of drug-likeness (QED) is 0.888. The normalized spacial score (nSPS) is 14.7. The third kappa shape index (κ3) is 4.38. The van der Waals surface area contributed by atoms with Crippen LogP contribution in [0.2, 0.25) is 0 Å². The first-order valence-corrected chi connectivity index (χ1v) is 6.18. The minimum Gasteiger partial charge on any atom is -0.493 e. The fraction of sp³-hybridized carbons (Fsp3) is 0.533. The van der Waals surface area contributed by atoms with Crippen molar-refractivity contribution in [2.75, 3.05) is 6.61 Å². The van der Waals surface area contributed by atoms with Gasteiger partial charge in [-0.2, -0.15) is 5.26 Å². The number of nitrogens with zero attached hydrogens (tertiary/aromatic N) is 1. The molecule has 2 N–H and O–H groups in total. The number of hydrogen-bond acceptors (Lipinski definition) is 3. The van der Waals surface area contributed by atoms with Gasteiger partial charge in [0.15, 0.2) is 0 Å². The molecule has 3 heteroatoms. The van der Waals surface area contributed by atoms with Crippen LogP contribution in [-0.4, -0.2) is 12.1 Å². The Morgan fingerprint density at radius 2 is 1.72 bits per heavy atom. The first kappa shape index (κ1) is 14.5. The highest BCUT2D eigenvalue weighted by Crippen LogP contribution is 2.24. The van der Waals surface area contributed by atoms with Crippen LogP contribution in [0.1, 0.15) is 39.7 Å². The van der Waals surface area contributed by atoms with Crippen LogP contribution in [0, 0.1) is 11.3 Å². The van der Waals surface area contributed by atoms with Gasteiger partial charge in [0.2, 0.25) is 0 Å². The molecule has 0 aromatic heterocycles. The average Bonchev–Trinajstić information content (AvgIpc) is 2.28. The van der Waals surface area contributed by atoms with Gasteiger partial charge in [-0.05, 0) is 30.0 Å². The molecular weight excluding hydrogens is 224 g/mol. The fourth-order valence-corrected chi connectivity index (χ4v) is 1.49. The predicted octanol–water partition coefficient (Wildman–Crippen LogP) is 2.99. The van der Waals surface area contributed by atoms with Gasteiger partial charge < -0.3 is 10.5 Å². The number of rotatable bonds is 4. The minimum absolute atomic E-state index is 0.148. The van der Waals surface area contributed by atoms with Crippen LogP contribution >= 0.6 is 0 Å². The van der Waals surface area contributed by atoms with E-state index < -0.39 is 5.54 Å². The molecule has 0 heterocycles. The van der Waals surface area contributed by atoms with Gasteiger partial charge in [0.1, 0.15) is 11.3 Å². The average molecular weight is 246 g/mol. The summed E-state index contributed by atoms with van der Waals surface area (Å²) in [6, 6.07) is 10.1. The van der Waals surface area contributed by atoms with E-state index in [-0.39, 0.29) is 5.41 Å². The second-order valence-electron chi connectivity index (χ2n) is 5.90. The summed E-state index contributed by atoms with van der Waals surface area (Å²) in [6.45, 7) is 8.69. The Kier molecular flexibility index (Phi) is 4.37. The maximum Gasteiger partial charge on any atom is 0.119 e. The second kappa shape index (κ2) is 5.41. The molecule has 1 unspecified atom stereocenters. The SMILES string of the molecule is CC(N)(C#N)CCOc1ccc(C(C)(C)C)cc1. The molecule has 0 spiro atoms. The highest BCUT2D eigenvalue weighted by atomic mass is 16.5.